The number of aliphatic hydroxyl groups excluding tert-OH is 1. The fourth-order valence-corrected chi connectivity index (χ4v) is 2.00. The summed E-state index contributed by atoms with van der Waals surface area (Å²) >= 11 is 0. The van der Waals surface area contributed by atoms with Crippen LogP contribution in [-0.2, 0) is 6.54 Å². The molecule has 0 saturated carbocycles. The van der Waals surface area contributed by atoms with Gasteiger partial charge in [0, 0.05) is 32.4 Å². The second-order valence-electron chi connectivity index (χ2n) is 6.64. The maximum atomic E-state index is 11.8. The van der Waals surface area contributed by atoms with Crippen LogP contribution in [0.3, 0.4) is 0 Å². The van der Waals surface area contributed by atoms with Crippen molar-refractivity contribution in [2.45, 2.75) is 47.3 Å². The first-order valence-electron chi connectivity index (χ1n) is 8.17. The van der Waals surface area contributed by atoms with E-state index in [0.29, 0.717) is 6.54 Å². The highest BCUT2D eigenvalue weighted by Crippen LogP contribution is 2.18. The summed E-state index contributed by atoms with van der Waals surface area (Å²) in [6.07, 6.45) is 1.20. The molecule has 0 fully saturated rings. The molecule has 1 heterocycles. The first kappa shape index (κ1) is 19.2. The number of hydrogen-bond donors (Lipinski definition) is 3. The number of hydrogen-bond acceptors (Lipinski definition) is 4. The van der Waals surface area contributed by atoms with Crippen molar-refractivity contribution in [2.24, 2.45) is 5.41 Å². The zero-order valence-corrected chi connectivity index (χ0v) is 14.9. The lowest BCUT2D eigenvalue weighted by molar-refractivity contribution is 0.0650. The average molecular weight is 322 g/mol. The molecule has 6 heteroatoms. The van der Waals surface area contributed by atoms with Crippen molar-refractivity contribution < 1.29 is 9.90 Å². The molecule has 1 unspecified atom stereocenters. The van der Waals surface area contributed by atoms with Crippen LogP contribution in [0.1, 0.15) is 40.2 Å². The molecule has 6 nitrogen and oxygen atoms in total. The van der Waals surface area contributed by atoms with E-state index in [4.69, 9.17) is 0 Å². The van der Waals surface area contributed by atoms with Gasteiger partial charge in [0.2, 0.25) is 0 Å². The predicted molar refractivity (Wildman–Crippen MR) is 93.5 cm³/mol. The zero-order chi connectivity index (χ0) is 17.5. The molecule has 0 spiro atoms. The van der Waals surface area contributed by atoms with Gasteiger partial charge in [0.15, 0.2) is 0 Å². The summed E-state index contributed by atoms with van der Waals surface area (Å²) in [4.78, 5) is 18.3. The number of aliphatic hydroxyl groups is 1. The Bertz CT molecular complexity index is 478. The maximum absolute atomic E-state index is 11.8. The van der Waals surface area contributed by atoms with E-state index in [1.54, 1.807) is 6.20 Å². The highest BCUT2D eigenvalue weighted by atomic mass is 16.3. The van der Waals surface area contributed by atoms with Crippen LogP contribution in [0.2, 0.25) is 0 Å². The molecule has 0 aromatic carbocycles. The van der Waals surface area contributed by atoms with Crippen molar-refractivity contribution in [3.05, 3.63) is 23.9 Å². The number of rotatable bonds is 7. The standard InChI is InChI=1S/C17H30N4O2/c1-6-21(7-2)15-9-8-13(10-18-15)11-19-16(23)20-12-14(22)17(3,4)5/h8-10,14,22H,6-7,11-12H2,1-5H3,(H2,19,20,23). The Morgan fingerprint density at radius 1 is 1.26 bits per heavy atom. The summed E-state index contributed by atoms with van der Waals surface area (Å²) in [5.41, 5.74) is 0.685. The molecule has 130 valence electrons. The Labute approximate surface area is 139 Å². The monoisotopic (exact) mass is 322 g/mol. The normalized spacial score (nSPS) is 12.6. The van der Waals surface area contributed by atoms with Gasteiger partial charge in [0.1, 0.15) is 5.82 Å². The van der Waals surface area contributed by atoms with Crippen molar-refractivity contribution in [1.29, 1.82) is 0 Å². The molecule has 1 aromatic heterocycles. The quantitative estimate of drug-likeness (QED) is 0.719. The zero-order valence-electron chi connectivity index (χ0n) is 14.9. The van der Waals surface area contributed by atoms with Gasteiger partial charge >= 0.3 is 6.03 Å². The summed E-state index contributed by atoms with van der Waals surface area (Å²) < 4.78 is 0. The number of anilines is 1. The van der Waals surface area contributed by atoms with Gasteiger partial charge < -0.3 is 20.6 Å². The fourth-order valence-electron chi connectivity index (χ4n) is 2.00. The molecule has 2 amide bonds. The Hall–Kier alpha value is -1.82. The SMILES string of the molecule is CCN(CC)c1ccc(CNC(=O)NCC(O)C(C)(C)C)cn1. The van der Waals surface area contributed by atoms with Gasteiger partial charge in [-0.3, -0.25) is 0 Å². The highest BCUT2D eigenvalue weighted by molar-refractivity contribution is 5.73. The number of nitrogens with one attached hydrogen (secondary N) is 2. The second kappa shape index (κ2) is 8.72. The first-order chi connectivity index (χ1) is 10.8. The van der Waals surface area contributed by atoms with Crippen LogP contribution in [0.15, 0.2) is 18.3 Å². The van der Waals surface area contributed by atoms with E-state index >= 15 is 0 Å². The smallest absolute Gasteiger partial charge is 0.315 e. The lowest BCUT2D eigenvalue weighted by atomic mass is 9.89. The molecule has 0 aliphatic heterocycles. The first-order valence-corrected chi connectivity index (χ1v) is 8.17. The van der Waals surface area contributed by atoms with Crippen molar-refractivity contribution in [3.63, 3.8) is 0 Å². The molecule has 0 radical (unpaired) electrons. The minimum Gasteiger partial charge on any atom is -0.391 e. The van der Waals surface area contributed by atoms with Crippen LogP contribution in [0.5, 0.6) is 0 Å². The third kappa shape index (κ3) is 6.44. The number of urea groups is 1. The van der Waals surface area contributed by atoms with Crippen LogP contribution in [0, 0.1) is 5.41 Å². The second-order valence-corrected chi connectivity index (χ2v) is 6.64. The van der Waals surface area contributed by atoms with Gasteiger partial charge in [-0.05, 0) is 30.9 Å². The van der Waals surface area contributed by atoms with E-state index < -0.39 is 6.10 Å². The molecule has 0 bridgehead atoms. The predicted octanol–water partition coefficient (Wildman–Crippen LogP) is 2.13. The Morgan fingerprint density at radius 3 is 2.39 bits per heavy atom. The lowest BCUT2D eigenvalue weighted by Gasteiger charge is -2.25. The van der Waals surface area contributed by atoms with E-state index in [-0.39, 0.29) is 18.0 Å². The number of nitrogens with zero attached hydrogens (tertiary/aromatic N) is 2. The van der Waals surface area contributed by atoms with Crippen LogP contribution in [0.25, 0.3) is 0 Å². The summed E-state index contributed by atoms with van der Waals surface area (Å²) in [6.45, 7) is 12.5. The van der Waals surface area contributed by atoms with E-state index in [1.165, 1.54) is 0 Å². The maximum Gasteiger partial charge on any atom is 0.315 e. The summed E-state index contributed by atoms with van der Waals surface area (Å²) in [7, 11) is 0. The van der Waals surface area contributed by atoms with Gasteiger partial charge in [-0.25, -0.2) is 9.78 Å². The van der Waals surface area contributed by atoms with Gasteiger partial charge in [-0.15, -0.1) is 0 Å². The van der Waals surface area contributed by atoms with Crippen molar-refractivity contribution in [3.8, 4) is 0 Å². The van der Waals surface area contributed by atoms with Gasteiger partial charge in [0.25, 0.3) is 0 Å². The summed E-state index contributed by atoms with van der Waals surface area (Å²) in [6, 6.07) is 3.64. The van der Waals surface area contributed by atoms with Crippen LogP contribution in [-0.4, -0.2) is 41.9 Å². The average Bonchev–Trinajstić information content (AvgIpc) is 2.52. The number of pyridine rings is 1. The third-order valence-electron chi connectivity index (χ3n) is 3.81. The van der Waals surface area contributed by atoms with E-state index in [2.05, 4.69) is 34.4 Å². The Balaban J connectivity index is 2.41. The van der Waals surface area contributed by atoms with Crippen LogP contribution < -0.4 is 15.5 Å². The summed E-state index contributed by atoms with van der Waals surface area (Å²) in [5.74, 6) is 0.941. The van der Waals surface area contributed by atoms with Crippen LogP contribution >= 0.6 is 0 Å². The van der Waals surface area contributed by atoms with Crippen molar-refractivity contribution >= 4 is 11.8 Å². The topological polar surface area (TPSA) is 77.5 Å². The van der Waals surface area contributed by atoms with Crippen molar-refractivity contribution in [2.75, 3.05) is 24.5 Å². The largest absolute Gasteiger partial charge is 0.391 e. The number of carbonyl (C=O) groups excluding carboxylic acids is 1. The Kier molecular flexibility index (Phi) is 7.29. The molecule has 0 aliphatic carbocycles. The molecular weight excluding hydrogens is 292 g/mol. The molecule has 3 N–H and O–H groups in total. The number of aromatic nitrogens is 1. The van der Waals surface area contributed by atoms with Gasteiger partial charge in [-0.1, -0.05) is 26.8 Å². The molecule has 0 aliphatic rings. The van der Waals surface area contributed by atoms with Crippen LogP contribution in [0.4, 0.5) is 10.6 Å². The fraction of sp³-hybridized carbons (Fsp3) is 0.647. The molecule has 1 rings (SSSR count). The van der Waals surface area contributed by atoms with Gasteiger partial charge in [-0.2, -0.15) is 0 Å². The molecule has 0 saturated heterocycles. The Morgan fingerprint density at radius 2 is 1.91 bits per heavy atom. The highest BCUT2D eigenvalue weighted by Gasteiger charge is 2.22. The van der Waals surface area contributed by atoms with Gasteiger partial charge in [0.05, 0.1) is 6.10 Å². The van der Waals surface area contributed by atoms with Crippen molar-refractivity contribution in [1.82, 2.24) is 15.6 Å². The van der Waals surface area contributed by atoms with E-state index in [9.17, 15) is 9.90 Å². The number of carbonyl (C=O) groups is 1. The minimum atomic E-state index is -0.580. The molecular formula is C17H30N4O2. The molecule has 1 aromatic rings. The van der Waals surface area contributed by atoms with E-state index in [1.807, 2.05) is 32.9 Å². The molecule has 23 heavy (non-hydrogen) atoms. The van der Waals surface area contributed by atoms with E-state index in [0.717, 1.165) is 24.5 Å². The lowest BCUT2D eigenvalue weighted by Crippen LogP contribution is -2.43. The third-order valence-corrected chi connectivity index (χ3v) is 3.81. The minimum absolute atomic E-state index is 0.231. The molecule has 1 atom stereocenters. The number of amides is 2. The summed E-state index contributed by atoms with van der Waals surface area (Å²) in [5, 5.41) is 15.3.